The maximum Gasteiger partial charge on any atom is 0.135 e. The van der Waals surface area contributed by atoms with Gasteiger partial charge in [0.2, 0.25) is 0 Å². The molecule has 0 saturated heterocycles. The van der Waals surface area contributed by atoms with Gasteiger partial charge in [0.15, 0.2) is 0 Å². The van der Waals surface area contributed by atoms with Crippen molar-refractivity contribution in [2.45, 2.75) is 123 Å². The lowest BCUT2D eigenvalue weighted by Crippen LogP contribution is -2.08. The summed E-state index contributed by atoms with van der Waals surface area (Å²) in [6, 6.07) is 0. The highest BCUT2D eigenvalue weighted by Gasteiger charge is 2.05. The topological polar surface area (TPSA) is 37.3 Å². The summed E-state index contributed by atoms with van der Waals surface area (Å²) in [4.78, 5) is 11.4. The van der Waals surface area contributed by atoms with Crippen LogP contribution in [0.1, 0.15) is 117 Å². The summed E-state index contributed by atoms with van der Waals surface area (Å²) in [5.74, 6) is 1.08. The van der Waals surface area contributed by atoms with Crippen LogP contribution in [0.4, 0.5) is 0 Å². The van der Waals surface area contributed by atoms with Gasteiger partial charge < -0.3 is 5.11 Å². The third kappa shape index (κ3) is 19.6. The van der Waals surface area contributed by atoms with Crippen molar-refractivity contribution in [2.75, 3.05) is 0 Å². The van der Waals surface area contributed by atoms with E-state index in [1.54, 1.807) is 6.92 Å². The average Bonchev–Trinajstić information content (AvgIpc) is 2.46. The Morgan fingerprint density at radius 3 is 1.48 bits per heavy atom. The van der Waals surface area contributed by atoms with Gasteiger partial charge in [0, 0.05) is 12.8 Å². The molecule has 0 aromatic carbocycles. The Kier molecular flexibility index (Phi) is 16.2. The maximum atomic E-state index is 11.4. The van der Waals surface area contributed by atoms with E-state index < -0.39 is 6.10 Å². The SMILES string of the molecule is CC(C)CCCCCCCCCCCCCCC(=O)CC(C)O. The zero-order valence-corrected chi connectivity index (χ0v) is 16.1. The molecule has 0 saturated carbocycles. The van der Waals surface area contributed by atoms with Crippen molar-refractivity contribution in [3.8, 4) is 0 Å². The van der Waals surface area contributed by atoms with Gasteiger partial charge in [-0.1, -0.05) is 90.9 Å². The van der Waals surface area contributed by atoms with E-state index in [9.17, 15) is 4.79 Å². The molecule has 1 atom stereocenters. The van der Waals surface area contributed by atoms with E-state index in [1.165, 1.54) is 77.0 Å². The van der Waals surface area contributed by atoms with Gasteiger partial charge in [-0.3, -0.25) is 4.79 Å². The predicted molar refractivity (Wildman–Crippen MR) is 101 cm³/mol. The Balaban J connectivity index is 3.09. The fourth-order valence-corrected chi connectivity index (χ4v) is 3.07. The van der Waals surface area contributed by atoms with Gasteiger partial charge in [0.1, 0.15) is 5.78 Å². The minimum Gasteiger partial charge on any atom is -0.393 e. The summed E-state index contributed by atoms with van der Waals surface area (Å²) in [7, 11) is 0. The van der Waals surface area contributed by atoms with Gasteiger partial charge in [-0.15, -0.1) is 0 Å². The summed E-state index contributed by atoms with van der Waals surface area (Å²) in [5, 5.41) is 9.13. The lowest BCUT2D eigenvalue weighted by molar-refractivity contribution is -0.120. The third-order valence-electron chi connectivity index (χ3n) is 4.51. The number of carbonyl (C=O) groups excluding carboxylic acids is 1. The lowest BCUT2D eigenvalue weighted by Gasteiger charge is -2.05. The molecule has 0 heterocycles. The molecule has 0 rings (SSSR count). The highest BCUT2D eigenvalue weighted by atomic mass is 16.3. The minimum atomic E-state index is -0.474. The first-order chi connectivity index (χ1) is 11.0. The number of aliphatic hydroxyl groups is 1. The molecule has 1 N–H and O–H groups in total. The van der Waals surface area contributed by atoms with Crippen molar-refractivity contribution in [1.82, 2.24) is 0 Å². The molecule has 0 aromatic heterocycles. The first-order valence-corrected chi connectivity index (χ1v) is 10.2. The van der Waals surface area contributed by atoms with E-state index in [4.69, 9.17) is 5.11 Å². The van der Waals surface area contributed by atoms with Crippen LogP contribution < -0.4 is 0 Å². The molecule has 0 radical (unpaired) electrons. The summed E-state index contributed by atoms with van der Waals surface area (Å²) in [6.07, 6.45) is 17.9. The van der Waals surface area contributed by atoms with Gasteiger partial charge in [-0.25, -0.2) is 0 Å². The Hall–Kier alpha value is -0.370. The third-order valence-corrected chi connectivity index (χ3v) is 4.51. The summed E-state index contributed by atoms with van der Waals surface area (Å²) in [6.45, 7) is 6.31. The molecule has 0 aliphatic carbocycles. The maximum absolute atomic E-state index is 11.4. The molecule has 0 spiro atoms. The summed E-state index contributed by atoms with van der Waals surface area (Å²) < 4.78 is 0. The Morgan fingerprint density at radius 1 is 0.696 bits per heavy atom. The largest absolute Gasteiger partial charge is 0.393 e. The molecule has 0 aliphatic heterocycles. The smallest absolute Gasteiger partial charge is 0.135 e. The van der Waals surface area contributed by atoms with Crippen LogP contribution in [0.25, 0.3) is 0 Å². The Morgan fingerprint density at radius 2 is 1.09 bits per heavy atom. The Labute approximate surface area is 145 Å². The fourth-order valence-electron chi connectivity index (χ4n) is 3.07. The number of hydrogen-bond acceptors (Lipinski definition) is 2. The normalized spacial score (nSPS) is 12.7. The van der Waals surface area contributed by atoms with E-state index >= 15 is 0 Å². The zero-order valence-electron chi connectivity index (χ0n) is 16.1. The van der Waals surface area contributed by atoms with E-state index in [0.29, 0.717) is 12.8 Å². The molecule has 23 heavy (non-hydrogen) atoms. The van der Waals surface area contributed by atoms with Gasteiger partial charge in [-0.05, 0) is 19.3 Å². The van der Waals surface area contributed by atoms with Crippen molar-refractivity contribution in [2.24, 2.45) is 5.92 Å². The van der Waals surface area contributed by atoms with Crippen LogP contribution in [0.5, 0.6) is 0 Å². The van der Waals surface area contributed by atoms with E-state index in [2.05, 4.69) is 13.8 Å². The van der Waals surface area contributed by atoms with Crippen LogP contribution in [0.3, 0.4) is 0 Å². The number of ketones is 1. The zero-order chi connectivity index (χ0) is 17.3. The van der Waals surface area contributed by atoms with Crippen LogP contribution in [-0.2, 0) is 4.79 Å². The van der Waals surface area contributed by atoms with Crippen molar-refractivity contribution in [3.63, 3.8) is 0 Å². The van der Waals surface area contributed by atoms with Gasteiger partial charge >= 0.3 is 0 Å². The van der Waals surface area contributed by atoms with E-state index in [1.807, 2.05) is 0 Å². The number of hydrogen-bond donors (Lipinski definition) is 1. The molecule has 138 valence electrons. The minimum absolute atomic E-state index is 0.216. The van der Waals surface area contributed by atoms with Crippen molar-refractivity contribution < 1.29 is 9.90 Å². The monoisotopic (exact) mass is 326 g/mol. The average molecular weight is 327 g/mol. The van der Waals surface area contributed by atoms with Gasteiger partial charge in [0.05, 0.1) is 6.10 Å². The van der Waals surface area contributed by atoms with Gasteiger partial charge in [0.25, 0.3) is 0 Å². The highest BCUT2D eigenvalue weighted by Crippen LogP contribution is 2.14. The van der Waals surface area contributed by atoms with Gasteiger partial charge in [-0.2, -0.15) is 0 Å². The molecular formula is C21H42O2. The molecule has 0 aromatic rings. The van der Waals surface area contributed by atoms with Crippen molar-refractivity contribution in [3.05, 3.63) is 0 Å². The fraction of sp³-hybridized carbons (Fsp3) is 0.952. The van der Waals surface area contributed by atoms with Crippen LogP contribution in [-0.4, -0.2) is 17.0 Å². The molecule has 1 unspecified atom stereocenters. The first kappa shape index (κ1) is 22.6. The van der Waals surface area contributed by atoms with Crippen LogP contribution in [0.15, 0.2) is 0 Å². The molecule has 2 nitrogen and oxygen atoms in total. The number of Topliss-reactive ketones (excluding diaryl/α,β-unsaturated/α-hetero) is 1. The highest BCUT2D eigenvalue weighted by molar-refractivity contribution is 5.78. The summed E-state index contributed by atoms with van der Waals surface area (Å²) >= 11 is 0. The number of aliphatic hydroxyl groups excluding tert-OH is 1. The number of unbranched alkanes of at least 4 members (excludes halogenated alkanes) is 11. The standard InChI is InChI=1S/C21H42O2/c1-19(2)16-14-12-10-8-6-4-5-7-9-11-13-15-17-21(23)18-20(3)22/h19-20,22H,4-18H2,1-3H3. The van der Waals surface area contributed by atoms with Crippen molar-refractivity contribution in [1.29, 1.82) is 0 Å². The van der Waals surface area contributed by atoms with Crippen LogP contribution in [0, 0.1) is 5.92 Å². The number of carbonyl (C=O) groups is 1. The second-order valence-corrected chi connectivity index (χ2v) is 7.77. The molecule has 2 heteroatoms. The molecule has 0 aliphatic rings. The Bertz CT molecular complexity index is 259. The first-order valence-electron chi connectivity index (χ1n) is 10.2. The predicted octanol–water partition coefficient (Wildman–Crippen LogP) is 6.44. The number of rotatable bonds is 17. The van der Waals surface area contributed by atoms with E-state index in [0.717, 1.165) is 12.3 Å². The quantitative estimate of drug-likeness (QED) is 0.312. The summed E-state index contributed by atoms with van der Waals surface area (Å²) in [5.41, 5.74) is 0. The van der Waals surface area contributed by atoms with Crippen LogP contribution >= 0.6 is 0 Å². The van der Waals surface area contributed by atoms with Crippen molar-refractivity contribution >= 4 is 5.78 Å². The molecule has 0 bridgehead atoms. The second kappa shape index (κ2) is 16.5. The lowest BCUT2D eigenvalue weighted by atomic mass is 10.0. The van der Waals surface area contributed by atoms with E-state index in [-0.39, 0.29) is 5.78 Å². The molecule has 0 fully saturated rings. The molecule has 0 amide bonds. The molecular weight excluding hydrogens is 284 g/mol. The second-order valence-electron chi connectivity index (χ2n) is 7.77. The van der Waals surface area contributed by atoms with Crippen LogP contribution in [0.2, 0.25) is 0 Å².